The number of allylic oxidation sites excluding steroid dienone is 1. The zero-order valence-corrected chi connectivity index (χ0v) is 11.8. The second-order valence-electron chi connectivity index (χ2n) is 4.20. The summed E-state index contributed by atoms with van der Waals surface area (Å²) < 4.78 is 8.05. The Labute approximate surface area is 97.0 Å². The van der Waals surface area contributed by atoms with Crippen molar-refractivity contribution in [3.05, 3.63) is 12.2 Å². The lowest BCUT2D eigenvalue weighted by atomic mass is 10.3. The van der Waals surface area contributed by atoms with Gasteiger partial charge in [-0.3, -0.25) is 4.67 Å². The van der Waals surface area contributed by atoms with E-state index in [2.05, 4.69) is 51.4 Å². The smallest absolute Gasteiger partial charge is 0.0894 e. The van der Waals surface area contributed by atoms with Gasteiger partial charge in [0.2, 0.25) is 0 Å². The first-order valence-corrected chi connectivity index (χ1v) is 6.75. The van der Waals surface area contributed by atoms with Crippen molar-refractivity contribution in [2.75, 3.05) is 6.61 Å². The number of rotatable bonds is 8. The van der Waals surface area contributed by atoms with Crippen LogP contribution in [0.4, 0.5) is 0 Å². The predicted octanol–water partition coefficient (Wildman–Crippen LogP) is 3.99. The average Bonchev–Trinajstić information content (AvgIpc) is 2.15. The summed E-state index contributed by atoms with van der Waals surface area (Å²) in [6.07, 6.45) is 6.53. The van der Waals surface area contributed by atoms with Gasteiger partial charge in [-0.2, -0.15) is 0 Å². The Balaban J connectivity index is 3.59. The van der Waals surface area contributed by atoms with E-state index >= 15 is 0 Å². The highest BCUT2D eigenvalue weighted by Gasteiger charge is 2.12. The molecule has 90 valence electrons. The molecule has 0 bridgehead atoms. The molecule has 1 unspecified atom stereocenters. The number of hydrogen-bond acceptors (Lipinski definition) is 2. The fraction of sp³-hybridized carbons (Fsp3) is 0.833. The van der Waals surface area contributed by atoms with Crippen molar-refractivity contribution in [2.45, 2.75) is 59.5 Å². The van der Waals surface area contributed by atoms with Crippen LogP contribution in [0, 0.1) is 0 Å². The first-order chi connectivity index (χ1) is 7.09. The van der Waals surface area contributed by atoms with E-state index in [-0.39, 0.29) is 0 Å². The van der Waals surface area contributed by atoms with Crippen molar-refractivity contribution >= 4 is 8.96 Å². The van der Waals surface area contributed by atoms with Gasteiger partial charge in [-0.15, -0.1) is 0 Å². The van der Waals surface area contributed by atoms with E-state index in [1.165, 1.54) is 0 Å². The molecule has 0 aliphatic rings. The highest BCUT2D eigenvalue weighted by molar-refractivity contribution is 7.29. The highest BCUT2D eigenvalue weighted by atomic mass is 31.1. The number of hydrogen-bond donors (Lipinski definition) is 0. The molecular weight excluding hydrogens is 205 g/mol. The fourth-order valence-corrected chi connectivity index (χ4v) is 2.12. The van der Waals surface area contributed by atoms with Gasteiger partial charge in [-0.25, -0.2) is 0 Å². The molecule has 0 saturated carbocycles. The van der Waals surface area contributed by atoms with Gasteiger partial charge in [0.25, 0.3) is 0 Å². The summed E-state index contributed by atoms with van der Waals surface area (Å²) >= 11 is 0. The standard InChI is InChI=1S/C12H26NOP/c1-6-7-8-9-10-14-15-13(11(2)3)12(4)5/h7-8,11-12,15H,6,9-10H2,1-5H3/b8-7-. The molecule has 0 aromatic rings. The maximum absolute atomic E-state index is 5.67. The van der Waals surface area contributed by atoms with Gasteiger partial charge in [0.05, 0.1) is 15.6 Å². The minimum absolute atomic E-state index is 0.495. The summed E-state index contributed by atoms with van der Waals surface area (Å²) in [5, 5.41) is 0. The van der Waals surface area contributed by atoms with Crippen molar-refractivity contribution in [1.82, 2.24) is 4.67 Å². The highest BCUT2D eigenvalue weighted by Crippen LogP contribution is 2.25. The largest absolute Gasteiger partial charge is 0.346 e. The van der Waals surface area contributed by atoms with Gasteiger partial charge in [-0.05, 0) is 40.5 Å². The fourth-order valence-electron chi connectivity index (χ4n) is 1.34. The summed E-state index contributed by atoms with van der Waals surface area (Å²) in [6, 6.07) is 1.13. The summed E-state index contributed by atoms with van der Waals surface area (Å²) in [4.78, 5) is 0. The van der Waals surface area contributed by atoms with Crippen LogP contribution in [0.15, 0.2) is 12.2 Å². The summed E-state index contributed by atoms with van der Waals surface area (Å²) in [6.45, 7) is 11.9. The van der Waals surface area contributed by atoms with Gasteiger partial charge < -0.3 is 4.52 Å². The minimum atomic E-state index is 0.495. The van der Waals surface area contributed by atoms with Crippen LogP contribution in [-0.2, 0) is 4.52 Å². The first kappa shape index (κ1) is 15.1. The van der Waals surface area contributed by atoms with Crippen molar-refractivity contribution in [1.29, 1.82) is 0 Å². The maximum Gasteiger partial charge on any atom is 0.0894 e. The molecule has 0 N–H and O–H groups in total. The Kier molecular flexibility index (Phi) is 9.38. The van der Waals surface area contributed by atoms with E-state index in [1.54, 1.807) is 0 Å². The lowest BCUT2D eigenvalue weighted by molar-refractivity contribution is 0.270. The third-order valence-corrected chi connectivity index (χ3v) is 3.65. The van der Waals surface area contributed by atoms with Crippen LogP contribution in [0.1, 0.15) is 47.5 Å². The number of nitrogens with zero attached hydrogens (tertiary/aromatic N) is 1. The molecule has 0 fully saturated rings. The van der Waals surface area contributed by atoms with Crippen LogP contribution in [0.5, 0.6) is 0 Å². The third-order valence-electron chi connectivity index (χ3n) is 2.07. The molecule has 15 heavy (non-hydrogen) atoms. The summed E-state index contributed by atoms with van der Waals surface area (Å²) in [5.74, 6) is 0. The lowest BCUT2D eigenvalue weighted by Crippen LogP contribution is -2.29. The molecule has 1 atom stereocenters. The quantitative estimate of drug-likeness (QED) is 0.356. The monoisotopic (exact) mass is 231 g/mol. The molecular formula is C12H26NOP. The lowest BCUT2D eigenvalue weighted by Gasteiger charge is -2.29. The maximum atomic E-state index is 5.67. The Hall–Kier alpha value is 0.0900. The molecule has 3 heteroatoms. The topological polar surface area (TPSA) is 12.5 Å². The second-order valence-corrected chi connectivity index (χ2v) is 5.19. The van der Waals surface area contributed by atoms with Gasteiger partial charge >= 0.3 is 0 Å². The molecule has 0 aromatic carbocycles. The molecule has 0 amide bonds. The molecule has 0 radical (unpaired) electrons. The van der Waals surface area contributed by atoms with Gasteiger partial charge in [0.1, 0.15) is 0 Å². The molecule has 0 spiro atoms. The third kappa shape index (κ3) is 7.96. The van der Waals surface area contributed by atoms with E-state index < -0.39 is 0 Å². The molecule has 0 aromatic heterocycles. The van der Waals surface area contributed by atoms with Crippen molar-refractivity contribution in [2.24, 2.45) is 0 Å². The molecule has 0 aliphatic carbocycles. The van der Waals surface area contributed by atoms with Gasteiger partial charge in [-0.1, -0.05) is 19.1 Å². The zero-order valence-electron chi connectivity index (χ0n) is 10.8. The van der Waals surface area contributed by atoms with Crippen LogP contribution in [0.3, 0.4) is 0 Å². The Morgan fingerprint density at radius 3 is 2.20 bits per heavy atom. The molecule has 0 aliphatic heterocycles. The van der Waals surface area contributed by atoms with E-state index in [9.17, 15) is 0 Å². The van der Waals surface area contributed by atoms with Crippen molar-refractivity contribution < 1.29 is 4.52 Å². The Morgan fingerprint density at radius 2 is 1.73 bits per heavy atom. The molecule has 0 heterocycles. The van der Waals surface area contributed by atoms with Crippen molar-refractivity contribution in [3.63, 3.8) is 0 Å². The molecule has 2 nitrogen and oxygen atoms in total. The molecule has 0 rings (SSSR count). The Morgan fingerprint density at radius 1 is 1.13 bits per heavy atom. The average molecular weight is 231 g/mol. The van der Waals surface area contributed by atoms with Gasteiger partial charge in [0, 0.05) is 12.1 Å². The first-order valence-electron chi connectivity index (χ1n) is 5.90. The predicted molar refractivity (Wildman–Crippen MR) is 70.4 cm³/mol. The van der Waals surface area contributed by atoms with Crippen LogP contribution < -0.4 is 0 Å². The second kappa shape index (κ2) is 9.33. The zero-order chi connectivity index (χ0) is 11.7. The summed E-state index contributed by atoms with van der Waals surface area (Å²) in [5.41, 5.74) is 0. The van der Waals surface area contributed by atoms with Crippen LogP contribution in [-0.4, -0.2) is 23.4 Å². The van der Waals surface area contributed by atoms with Crippen LogP contribution in [0.25, 0.3) is 0 Å². The summed E-state index contributed by atoms with van der Waals surface area (Å²) in [7, 11) is 0.495. The molecule has 0 saturated heterocycles. The normalized spacial score (nSPS) is 13.3. The van der Waals surface area contributed by atoms with Crippen LogP contribution >= 0.6 is 8.96 Å². The van der Waals surface area contributed by atoms with E-state index in [4.69, 9.17) is 4.52 Å². The minimum Gasteiger partial charge on any atom is -0.346 e. The van der Waals surface area contributed by atoms with Gasteiger partial charge in [0.15, 0.2) is 0 Å². The Bertz CT molecular complexity index is 161. The van der Waals surface area contributed by atoms with Crippen molar-refractivity contribution in [3.8, 4) is 0 Å². The van der Waals surface area contributed by atoms with E-state index in [0.29, 0.717) is 21.0 Å². The SMILES string of the molecule is CC/C=C\CCOPN(C(C)C)C(C)C. The van der Waals surface area contributed by atoms with E-state index in [1.807, 2.05) is 0 Å². The van der Waals surface area contributed by atoms with Crippen LogP contribution in [0.2, 0.25) is 0 Å². The van der Waals surface area contributed by atoms with E-state index in [0.717, 1.165) is 19.4 Å².